The third-order valence-corrected chi connectivity index (χ3v) is 1.57. The van der Waals surface area contributed by atoms with Crippen molar-refractivity contribution in [1.29, 1.82) is 0 Å². The SMILES string of the molecule is C=CC(=O)NCCCCCNN=[N+]=[N-]. The third kappa shape index (κ3) is 8.42. The van der Waals surface area contributed by atoms with Gasteiger partial charge in [0.2, 0.25) is 5.91 Å². The summed E-state index contributed by atoms with van der Waals surface area (Å²) in [5.41, 5.74) is 10.5. The Kier molecular flexibility index (Phi) is 8.28. The van der Waals surface area contributed by atoms with Crippen molar-refractivity contribution >= 4 is 5.91 Å². The van der Waals surface area contributed by atoms with Gasteiger partial charge in [0.1, 0.15) is 0 Å². The highest BCUT2D eigenvalue weighted by atomic mass is 16.1. The summed E-state index contributed by atoms with van der Waals surface area (Å²) in [5, 5.41) is 5.85. The van der Waals surface area contributed by atoms with E-state index in [-0.39, 0.29) is 5.91 Å². The van der Waals surface area contributed by atoms with Crippen LogP contribution in [0.2, 0.25) is 0 Å². The number of carbonyl (C=O) groups is 1. The van der Waals surface area contributed by atoms with E-state index in [1.807, 2.05) is 0 Å². The van der Waals surface area contributed by atoms with E-state index in [4.69, 9.17) is 5.53 Å². The topological polar surface area (TPSA) is 89.9 Å². The van der Waals surface area contributed by atoms with E-state index in [2.05, 4.69) is 27.5 Å². The van der Waals surface area contributed by atoms with Crippen molar-refractivity contribution in [3.8, 4) is 0 Å². The Morgan fingerprint density at radius 1 is 1.43 bits per heavy atom. The Bertz CT molecular complexity index is 222. The highest BCUT2D eigenvalue weighted by Gasteiger charge is 1.93. The molecule has 0 aliphatic rings. The zero-order valence-corrected chi connectivity index (χ0v) is 8.07. The molecule has 0 rings (SSSR count). The summed E-state index contributed by atoms with van der Waals surface area (Å²) in [6.45, 7) is 4.67. The highest BCUT2D eigenvalue weighted by molar-refractivity contribution is 5.86. The van der Waals surface area contributed by atoms with Crippen molar-refractivity contribution in [2.24, 2.45) is 5.22 Å². The number of nitrogens with one attached hydrogen (secondary N) is 2. The average molecular weight is 197 g/mol. The Morgan fingerprint density at radius 3 is 2.79 bits per heavy atom. The summed E-state index contributed by atoms with van der Waals surface area (Å²) in [4.78, 5) is 13.2. The van der Waals surface area contributed by atoms with E-state index in [9.17, 15) is 4.79 Å². The van der Waals surface area contributed by atoms with Gasteiger partial charge in [-0.1, -0.05) is 6.58 Å². The molecule has 0 aromatic rings. The molecular weight excluding hydrogens is 182 g/mol. The second-order valence-electron chi connectivity index (χ2n) is 2.65. The molecule has 0 saturated heterocycles. The molecule has 0 aliphatic heterocycles. The van der Waals surface area contributed by atoms with E-state index in [1.165, 1.54) is 6.08 Å². The molecule has 0 aliphatic carbocycles. The van der Waals surface area contributed by atoms with Gasteiger partial charge in [-0.25, -0.2) is 0 Å². The largest absolute Gasteiger partial charge is 0.353 e. The second-order valence-corrected chi connectivity index (χ2v) is 2.65. The first kappa shape index (κ1) is 12.3. The van der Waals surface area contributed by atoms with E-state index >= 15 is 0 Å². The van der Waals surface area contributed by atoms with Crippen molar-refractivity contribution in [3.05, 3.63) is 23.1 Å². The molecule has 0 radical (unpaired) electrons. The van der Waals surface area contributed by atoms with Crippen molar-refractivity contribution in [2.75, 3.05) is 13.1 Å². The van der Waals surface area contributed by atoms with Crippen LogP contribution in [0, 0.1) is 0 Å². The number of nitrogens with zero attached hydrogens (tertiary/aromatic N) is 3. The van der Waals surface area contributed by atoms with Gasteiger partial charge in [0, 0.05) is 6.54 Å². The lowest BCUT2D eigenvalue weighted by Crippen LogP contribution is -2.21. The zero-order valence-electron chi connectivity index (χ0n) is 8.07. The summed E-state index contributed by atoms with van der Waals surface area (Å²) in [6.07, 6.45) is 4.06. The molecule has 0 fully saturated rings. The molecule has 0 spiro atoms. The molecule has 0 saturated carbocycles. The standard InChI is InChI=1S/C8H15N5O/c1-2-8(14)10-6-4-3-5-7-11-13-12-9/h2,11H,1,3-7H2,(H,10,14). The molecule has 78 valence electrons. The van der Waals surface area contributed by atoms with Crippen LogP contribution in [-0.2, 0) is 4.79 Å². The maximum absolute atomic E-state index is 10.7. The summed E-state index contributed by atoms with van der Waals surface area (Å²) in [6, 6.07) is 0. The summed E-state index contributed by atoms with van der Waals surface area (Å²) in [5.74, 6) is -0.141. The molecular formula is C8H15N5O. The lowest BCUT2D eigenvalue weighted by atomic mass is 10.2. The number of rotatable bonds is 8. The van der Waals surface area contributed by atoms with Crippen LogP contribution in [0.25, 0.3) is 10.4 Å². The fraction of sp³-hybridized carbons (Fsp3) is 0.625. The van der Waals surface area contributed by atoms with Gasteiger partial charge >= 0.3 is 0 Å². The maximum Gasteiger partial charge on any atom is 0.243 e. The Hall–Kier alpha value is -1.68. The number of carbonyl (C=O) groups excluding carboxylic acids is 1. The monoisotopic (exact) mass is 197 g/mol. The van der Waals surface area contributed by atoms with Crippen molar-refractivity contribution < 1.29 is 4.79 Å². The van der Waals surface area contributed by atoms with Crippen molar-refractivity contribution in [3.63, 3.8) is 0 Å². The molecule has 1 amide bonds. The van der Waals surface area contributed by atoms with E-state index in [1.54, 1.807) is 0 Å². The Balaban J connectivity index is 3.09. The minimum absolute atomic E-state index is 0.141. The molecule has 0 unspecified atom stereocenters. The summed E-state index contributed by atoms with van der Waals surface area (Å²) >= 11 is 0. The second kappa shape index (κ2) is 9.41. The highest BCUT2D eigenvalue weighted by Crippen LogP contribution is 1.92. The third-order valence-electron chi connectivity index (χ3n) is 1.57. The van der Waals surface area contributed by atoms with Crippen LogP contribution < -0.4 is 10.7 Å². The Labute approximate surface area is 83.0 Å². The first-order valence-corrected chi connectivity index (χ1v) is 4.48. The molecule has 0 atom stereocenters. The number of hydrogen-bond acceptors (Lipinski definition) is 2. The maximum atomic E-state index is 10.7. The molecule has 14 heavy (non-hydrogen) atoms. The van der Waals surface area contributed by atoms with Crippen LogP contribution in [0.5, 0.6) is 0 Å². The summed E-state index contributed by atoms with van der Waals surface area (Å²) in [7, 11) is 0. The van der Waals surface area contributed by atoms with Gasteiger partial charge in [-0.3, -0.25) is 10.2 Å². The van der Waals surface area contributed by atoms with Crippen LogP contribution in [0.3, 0.4) is 0 Å². The van der Waals surface area contributed by atoms with Crippen LogP contribution in [0.15, 0.2) is 17.9 Å². The van der Waals surface area contributed by atoms with Gasteiger partial charge in [-0.2, -0.15) is 4.91 Å². The molecule has 0 aromatic carbocycles. The lowest BCUT2D eigenvalue weighted by molar-refractivity contribution is -0.116. The quantitative estimate of drug-likeness (QED) is 0.153. The zero-order chi connectivity index (χ0) is 10.6. The minimum atomic E-state index is -0.141. The number of azide groups is 1. The number of amides is 1. The van der Waals surface area contributed by atoms with Gasteiger partial charge in [-0.05, 0) is 30.6 Å². The molecule has 0 bridgehead atoms. The molecule has 6 heteroatoms. The van der Waals surface area contributed by atoms with Crippen LogP contribution in [0.1, 0.15) is 19.3 Å². The van der Waals surface area contributed by atoms with E-state index in [0.29, 0.717) is 13.1 Å². The van der Waals surface area contributed by atoms with Gasteiger partial charge in [0.25, 0.3) is 0 Å². The van der Waals surface area contributed by atoms with Gasteiger partial charge in [0.05, 0.1) is 6.54 Å². The predicted octanol–water partition coefficient (Wildman–Crippen LogP) is 1.27. The van der Waals surface area contributed by atoms with Gasteiger partial charge in [0.15, 0.2) is 0 Å². The fourth-order valence-electron chi connectivity index (χ4n) is 0.871. The normalized spacial score (nSPS) is 8.57. The number of hydrogen-bond donors (Lipinski definition) is 2. The van der Waals surface area contributed by atoms with Crippen molar-refractivity contribution in [1.82, 2.24) is 10.7 Å². The molecule has 2 N–H and O–H groups in total. The Morgan fingerprint density at radius 2 is 2.14 bits per heavy atom. The minimum Gasteiger partial charge on any atom is -0.353 e. The van der Waals surface area contributed by atoms with Crippen LogP contribution >= 0.6 is 0 Å². The van der Waals surface area contributed by atoms with Crippen molar-refractivity contribution in [2.45, 2.75) is 19.3 Å². The summed E-state index contributed by atoms with van der Waals surface area (Å²) < 4.78 is 0. The van der Waals surface area contributed by atoms with Crippen LogP contribution in [-0.4, -0.2) is 19.0 Å². The lowest BCUT2D eigenvalue weighted by Gasteiger charge is -2.00. The molecule has 0 aromatic heterocycles. The average Bonchev–Trinajstić information content (AvgIpc) is 2.21. The van der Waals surface area contributed by atoms with Gasteiger partial charge < -0.3 is 5.32 Å². The van der Waals surface area contributed by atoms with E-state index in [0.717, 1.165) is 19.3 Å². The van der Waals surface area contributed by atoms with E-state index < -0.39 is 0 Å². The fourth-order valence-corrected chi connectivity index (χ4v) is 0.871. The van der Waals surface area contributed by atoms with Crippen LogP contribution in [0.4, 0.5) is 0 Å². The number of unbranched alkanes of at least 4 members (excludes halogenated alkanes) is 2. The first-order valence-electron chi connectivity index (χ1n) is 4.48. The molecule has 0 heterocycles. The molecule has 6 nitrogen and oxygen atoms in total. The predicted molar refractivity (Wildman–Crippen MR) is 54.2 cm³/mol. The first-order chi connectivity index (χ1) is 6.81. The van der Waals surface area contributed by atoms with Gasteiger partial charge in [-0.15, -0.1) is 5.53 Å². The smallest absolute Gasteiger partial charge is 0.243 e.